The molecule has 0 aliphatic rings. The van der Waals surface area contributed by atoms with Gasteiger partial charge in [0.1, 0.15) is 11.6 Å². The molecule has 0 atom stereocenters. The summed E-state index contributed by atoms with van der Waals surface area (Å²) in [5.74, 6) is 1.41. The lowest BCUT2D eigenvalue weighted by Crippen LogP contribution is -2.05. The maximum atomic E-state index is 6.34. The predicted molar refractivity (Wildman–Crippen MR) is 95.2 cm³/mol. The summed E-state index contributed by atoms with van der Waals surface area (Å²) in [6, 6.07) is 7.64. The summed E-state index contributed by atoms with van der Waals surface area (Å²) in [5, 5.41) is 11.3. The van der Waals surface area contributed by atoms with Crippen LogP contribution in [0, 0.1) is 6.92 Å². The first kappa shape index (κ1) is 15.2. The van der Waals surface area contributed by atoms with Crippen molar-refractivity contribution >= 4 is 40.3 Å². The average molecular weight is 329 g/mol. The van der Waals surface area contributed by atoms with Crippen LogP contribution in [0.5, 0.6) is 0 Å². The number of aryl methyl sites for hydroxylation is 1. The van der Waals surface area contributed by atoms with Gasteiger partial charge >= 0.3 is 0 Å². The third kappa shape index (κ3) is 2.68. The molecule has 0 bridgehead atoms. The minimum absolute atomic E-state index is 0.417. The molecule has 6 nitrogen and oxygen atoms in total. The van der Waals surface area contributed by atoms with Crippen molar-refractivity contribution in [2.24, 2.45) is 5.73 Å². The van der Waals surface area contributed by atoms with Gasteiger partial charge in [0.15, 0.2) is 5.65 Å². The molecular formula is C16H17ClN6. The van der Waals surface area contributed by atoms with E-state index < -0.39 is 0 Å². The van der Waals surface area contributed by atoms with Gasteiger partial charge < -0.3 is 16.4 Å². The maximum Gasteiger partial charge on any atom is 0.168 e. The minimum Gasteiger partial charge on any atom is -0.399 e. The fourth-order valence-electron chi connectivity index (χ4n) is 2.31. The van der Waals surface area contributed by atoms with Crippen LogP contribution in [0.4, 0.5) is 17.3 Å². The van der Waals surface area contributed by atoms with Crippen LogP contribution in [-0.2, 0) is 0 Å². The molecule has 1 aromatic carbocycles. The number of aromatic nitrogens is 3. The average Bonchev–Trinajstić information content (AvgIpc) is 2.95. The van der Waals surface area contributed by atoms with E-state index in [9.17, 15) is 0 Å². The summed E-state index contributed by atoms with van der Waals surface area (Å²) in [4.78, 5) is 4.58. The molecule has 2 heterocycles. The maximum absolute atomic E-state index is 6.34. The summed E-state index contributed by atoms with van der Waals surface area (Å²) < 4.78 is 1.68. The summed E-state index contributed by atoms with van der Waals surface area (Å²) in [7, 11) is 1.82. The van der Waals surface area contributed by atoms with E-state index in [-0.39, 0.29) is 0 Å². The largest absolute Gasteiger partial charge is 0.399 e. The van der Waals surface area contributed by atoms with Crippen LogP contribution in [0.1, 0.15) is 11.1 Å². The third-order valence-electron chi connectivity index (χ3n) is 3.53. The van der Waals surface area contributed by atoms with Crippen LogP contribution in [0.2, 0.25) is 5.02 Å². The molecule has 3 rings (SSSR count). The SMILES string of the molecule is C=C(N)c1cnn2c(NC)cc(Nc3cccc(C)c3Cl)nc12. The Morgan fingerprint density at radius 2 is 2.17 bits per heavy atom. The lowest BCUT2D eigenvalue weighted by molar-refractivity contribution is 0.945. The van der Waals surface area contributed by atoms with Crippen LogP contribution in [-0.4, -0.2) is 21.6 Å². The number of fused-ring (bicyclic) bond motifs is 1. The highest BCUT2D eigenvalue weighted by molar-refractivity contribution is 6.34. The first-order valence-electron chi connectivity index (χ1n) is 7.04. The van der Waals surface area contributed by atoms with Gasteiger partial charge in [0.2, 0.25) is 0 Å². The molecule has 4 N–H and O–H groups in total. The van der Waals surface area contributed by atoms with Crippen LogP contribution in [0.3, 0.4) is 0 Å². The van der Waals surface area contributed by atoms with Gasteiger partial charge in [-0.25, -0.2) is 4.98 Å². The lowest BCUT2D eigenvalue weighted by atomic mass is 10.2. The number of nitrogens with zero attached hydrogens (tertiary/aromatic N) is 3. The Hall–Kier alpha value is -2.73. The van der Waals surface area contributed by atoms with Gasteiger partial charge in [-0.2, -0.15) is 9.61 Å². The summed E-state index contributed by atoms with van der Waals surface area (Å²) >= 11 is 6.34. The number of halogens is 1. The van der Waals surface area contributed by atoms with E-state index in [1.54, 1.807) is 10.7 Å². The molecule has 0 spiro atoms. The molecule has 0 saturated carbocycles. The standard InChI is InChI=1S/C16H17ClN6/c1-9-5-4-6-12(15(9)17)21-13-7-14(19-3)23-16(22-13)11(8-20-23)10(2)18/h4-8,19H,2,18H2,1,3H3,(H,21,22). The molecule has 0 amide bonds. The quantitative estimate of drug-likeness (QED) is 0.684. The van der Waals surface area contributed by atoms with Gasteiger partial charge in [0.25, 0.3) is 0 Å². The molecular weight excluding hydrogens is 312 g/mol. The second-order valence-electron chi connectivity index (χ2n) is 5.16. The summed E-state index contributed by atoms with van der Waals surface area (Å²) in [5.41, 5.74) is 9.33. The van der Waals surface area contributed by atoms with E-state index in [4.69, 9.17) is 17.3 Å². The number of rotatable bonds is 4. The second-order valence-corrected chi connectivity index (χ2v) is 5.53. The Morgan fingerprint density at radius 1 is 1.39 bits per heavy atom. The van der Waals surface area contributed by atoms with Gasteiger partial charge in [-0.3, -0.25) is 0 Å². The number of nitrogens with one attached hydrogen (secondary N) is 2. The molecule has 3 aromatic rings. The Labute approximate surface area is 139 Å². The van der Waals surface area contributed by atoms with Crippen LogP contribution < -0.4 is 16.4 Å². The van der Waals surface area contributed by atoms with Gasteiger partial charge in [-0.1, -0.05) is 30.3 Å². The number of nitrogens with two attached hydrogens (primary N) is 1. The third-order valence-corrected chi connectivity index (χ3v) is 4.03. The van der Waals surface area contributed by atoms with E-state index in [2.05, 4.69) is 27.3 Å². The zero-order valence-corrected chi connectivity index (χ0v) is 13.6. The van der Waals surface area contributed by atoms with Gasteiger partial charge in [0.05, 0.1) is 22.5 Å². The predicted octanol–water partition coefficient (Wildman–Crippen LogP) is 3.41. The number of hydrogen-bond donors (Lipinski definition) is 3. The topological polar surface area (TPSA) is 80.3 Å². The molecule has 0 radical (unpaired) electrons. The monoisotopic (exact) mass is 328 g/mol. The Bertz CT molecular complexity index is 899. The zero-order valence-electron chi connectivity index (χ0n) is 12.9. The van der Waals surface area contributed by atoms with Gasteiger partial charge in [0, 0.05) is 18.8 Å². The van der Waals surface area contributed by atoms with E-state index >= 15 is 0 Å². The van der Waals surface area contributed by atoms with E-state index in [1.165, 1.54) is 0 Å². The minimum atomic E-state index is 0.417. The highest BCUT2D eigenvalue weighted by atomic mass is 35.5. The number of benzene rings is 1. The highest BCUT2D eigenvalue weighted by Gasteiger charge is 2.13. The molecule has 0 fully saturated rings. The van der Waals surface area contributed by atoms with Crippen molar-refractivity contribution in [3.63, 3.8) is 0 Å². The van der Waals surface area contributed by atoms with Crippen molar-refractivity contribution < 1.29 is 0 Å². The van der Waals surface area contributed by atoms with E-state index in [1.807, 2.05) is 38.2 Å². The molecule has 0 unspecified atom stereocenters. The van der Waals surface area contributed by atoms with Crippen molar-refractivity contribution in [2.75, 3.05) is 17.7 Å². The fraction of sp³-hybridized carbons (Fsp3) is 0.125. The Balaban J connectivity index is 2.12. The van der Waals surface area contributed by atoms with Crippen molar-refractivity contribution in [1.82, 2.24) is 14.6 Å². The summed E-state index contributed by atoms with van der Waals surface area (Å²) in [6.07, 6.45) is 1.65. The molecule has 0 aliphatic carbocycles. The van der Waals surface area contributed by atoms with Crippen molar-refractivity contribution in [2.45, 2.75) is 6.92 Å². The van der Waals surface area contributed by atoms with Gasteiger partial charge in [-0.15, -0.1) is 0 Å². The van der Waals surface area contributed by atoms with E-state index in [0.29, 0.717) is 27.7 Å². The normalized spacial score (nSPS) is 10.7. The molecule has 23 heavy (non-hydrogen) atoms. The van der Waals surface area contributed by atoms with Crippen molar-refractivity contribution in [1.29, 1.82) is 0 Å². The second kappa shape index (κ2) is 5.81. The van der Waals surface area contributed by atoms with E-state index in [0.717, 1.165) is 17.1 Å². The molecule has 2 aromatic heterocycles. The highest BCUT2D eigenvalue weighted by Crippen LogP contribution is 2.29. The molecule has 0 saturated heterocycles. The van der Waals surface area contributed by atoms with Crippen LogP contribution >= 0.6 is 11.6 Å². The molecule has 7 heteroatoms. The van der Waals surface area contributed by atoms with Crippen LogP contribution in [0.15, 0.2) is 37.0 Å². The van der Waals surface area contributed by atoms with Gasteiger partial charge in [-0.05, 0) is 18.6 Å². The molecule has 0 aliphatic heterocycles. The smallest absolute Gasteiger partial charge is 0.168 e. The lowest BCUT2D eigenvalue weighted by Gasteiger charge is -2.12. The Kier molecular flexibility index (Phi) is 3.83. The summed E-state index contributed by atoms with van der Waals surface area (Å²) in [6.45, 7) is 5.72. The fourth-order valence-corrected chi connectivity index (χ4v) is 2.49. The van der Waals surface area contributed by atoms with Crippen molar-refractivity contribution in [3.05, 3.63) is 53.2 Å². The first-order valence-corrected chi connectivity index (χ1v) is 7.42. The first-order chi connectivity index (χ1) is 11.0. The number of hydrogen-bond acceptors (Lipinski definition) is 5. The van der Waals surface area contributed by atoms with Crippen LogP contribution in [0.25, 0.3) is 11.3 Å². The van der Waals surface area contributed by atoms with Crippen molar-refractivity contribution in [3.8, 4) is 0 Å². The number of anilines is 3. The zero-order chi connectivity index (χ0) is 16.6. The molecule has 118 valence electrons. The Morgan fingerprint density at radius 3 is 2.87 bits per heavy atom.